The average molecular weight is 202 g/mol. The van der Waals surface area contributed by atoms with E-state index in [4.69, 9.17) is 4.43 Å². The number of hydrogen-bond donors (Lipinski definition) is 0. The average Bonchev–Trinajstić information content (AvgIpc) is 2.06. The summed E-state index contributed by atoms with van der Waals surface area (Å²) in [6.45, 7) is 7.86. The first-order chi connectivity index (χ1) is 6.24. The van der Waals surface area contributed by atoms with Crippen LogP contribution in [0.5, 0.6) is 0 Å². The largest absolute Gasteiger partial charge is 0.427 e. The zero-order valence-corrected chi connectivity index (χ0v) is 11.9. The second-order valence-electron chi connectivity index (χ2n) is 4.18. The van der Waals surface area contributed by atoms with Crippen molar-refractivity contribution in [1.82, 2.24) is 0 Å². The molecular weight excluding hydrogens is 176 g/mol. The summed E-state index contributed by atoms with van der Waals surface area (Å²) < 4.78 is 5.50. The van der Waals surface area contributed by atoms with Crippen molar-refractivity contribution in [3.8, 4) is 0 Å². The first-order valence-electron chi connectivity index (χ1n) is 5.73. The van der Waals surface area contributed by atoms with Crippen molar-refractivity contribution in [2.75, 3.05) is 6.61 Å². The Bertz CT molecular complexity index is 85.1. The fourth-order valence-corrected chi connectivity index (χ4v) is 3.10. The molecule has 0 heterocycles. The molecule has 0 aliphatic carbocycles. The minimum absolute atomic E-state index is 0.514. The van der Waals surface area contributed by atoms with E-state index >= 15 is 0 Å². The standard InChI is InChI=1S/C11H26OSi/c1-4-7-11(8-5-2,9-6-3)10-12-13/h4-10H2,1-3,13H3. The molecule has 0 N–H and O–H groups in total. The van der Waals surface area contributed by atoms with Gasteiger partial charge in [0.1, 0.15) is 10.5 Å². The molecule has 0 spiro atoms. The fourth-order valence-electron chi connectivity index (χ4n) is 2.49. The predicted octanol–water partition coefficient (Wildman–Crippen LogP) is 2.67. The third-order valence-electron chi connectivity index (χ3n) is 2.79. The Morgan fingerprint density at radius 2 is 1.31 bits per heavy atom. The van der Waals surface area contributed by atoms with Gasteiger partial charge in [-0.1, -0.05) is 40.0 Å². The molecule has 80 valence electrons. The van der Waals surface area contributed by atoms with Gasteiger partial charge in [0.2, 0.25) is 0 Å². The van der Waals surface area contributed by atoms with Crippen LogP contribution in [0.25, 0.3) is 0 Å². The van der Waals surface area contributed by atoms with Crippen LogP contribution in [-0.4, -0.2) is 17.1 Å². The lowest BCUT2D eigenvalue weighted by Crippen LogP contribution is -2.26. The van der Waals surface area contributed by atoms with Crippen LogP contribution in [0.2, 0.25) is 0 Å². The van der Waals surface area contributed by atoms with Gasteiger partial charge < -0.3 is 4.43 Å². The highest BCUT2D eigenvalue weighted by molar-refractivity contribution is 5.97. The van der Waals surface area contributed by atoms with E-state index in [2.05, 4.69) is 20.8 Å². The molecule has 0 saturated heterocycles. The van der Waals surface area contributed by atoms with Gasteiger partial charge in [0.05, 0.1) is 0 Å². The van der Waals surface area contributed by atoms with Gasteiger partial charge in [-0.25, -0.2) is 0 Å². The Labute approximate surface area is 86.8 Å². The van der Waals surface area contributed by atoms with E-state index in [1.807, 2.05) is 0 Å². The van der Waals surface area contributed by atoms with Gasteiger partial charge in [-0.15, -0.1) is 0 Å². The SMILES string of the molecule is CCCC(CCC)(CCC)CO[SiH3]. The Morgan fingerprint density at radius 1 is 0.923 bits per heavy atom. The molecule has 0 aromatic rings. The van der Waals surface area contributed by atoms with Crippen molar-refractivity contribution in [3.63, 3.8) is 0 Å². The summed E-state index contributed by atoms with van der Waals surface area (Å²) in [4.78, 5) is 0. The molecule has 0 radical (unpaired) electrons. The van der Waals surface area contributed by atoms with Crippen LogP contribution in [-0.2, 0) is 4.43 Å². The molecule has 2 heteroatoms. The van der Waals surface area contributed by atoms with Crippen LogP contribution < -0.4 is 0 Å². The third-order valence-corrected chi connectivity index (χ3v) is 3.08. The van der Waals surface area contributed by atoms with Crippen molar-refractivity contribution in [2.24, 2.45) is 5.41 Å². The van der Waals surface area contributed by atoms with E-state index < -0.39 is 0 Å². The summed E-state index contributed by atoms with van der Waals surface area (Å²) >= 11 is 0. The molecule has 0 unspecified atom stereocenters. The van der Waals surface area contributed by atoms with E-state index in [-0.39, 0.29) is 0 Å². The summed E-state index contributed by atoms with van der Waals surface area (Å²) in [5.41, 5.74) is 0.514. The molecule has 0 atom stereocenters. The summed E-state index contributed by atoms with van der Waals surface area (Å²) in [5, 5.41) is 0. The Kier molecular flexibility index (Phi) is 7.67. The maximum absolute atomic E-state index is 5.50. The maximum atomic E-state index is 5.50. The highest BCUT2D eigenvalue weighted by Gasteiger charge is 2.26. The highest BCUT2D eigenvalue weighted by atomic mass is 28.2. The number of hydrogen-bond acceptors (Lipinski definition) is 1. The lowest BCUT2D eigenvalue weighted by molar-refractivity contribution is 0.115. The minimum Gasteiger partial charge on any atom is -0.427 e. The quantitative estimate of drug-likeness (QED) is 0.550. The van der Waals surface area contributed by atoms with Crippen LogP contribution in [0.15, 0.2) is 0 Å². The molecule has 0 bridgehead atoms. The van der Waals surface area contributed by atoms with E-state index in [0.717, 1.165) is 17.1 Å². The van der Waals surface area contributed by atoms with Crippen LogP contribution in [0.4, 0.5) is 0 Å². The van der Waals surface area contributed by atoms with E-state index in [1.165, 1.54) is 38.5 Å². The van der Waals surface area contributed by atoms with Crippen molar-refractivity contribution in [3.05, 3.63) is 0 Å². The Balaban J connectivity index is 4.19. The molecule has 0 saturated carbocycles. The Morgan fingerprint density at radius 3 is 1.54 bits per heavy atom. The topological polar surface area (TPSA) is 9.23 Å². The maximum Gasteiger partial charge on any atom is 0.145 e. The van der Waals surface area contributed by atoms with Crippen LogP contribution in [0.3, 0.4) is 0 Å². The molecule has 0 aromatic heterocycles. The van der Waals surface area contributed by atoms with Gasteiger partial charge in [0.15, 0.2) is 0 Å². The second-order valence-corrected chi connectivity index (χ2v) is 4.76. The van der Waals surface area contributed by atoms with Gasteiger partial charge in [0.25, 0.3) is 0 Å². The van der Waals surface area contributed by atoms with Crippen molar-refractivity contribution < 1.29 is 4.43 Å². The Hall–Kier alpha value is 0.177. The zero-order chi connectivity index (χ0) is 10.2. The van der Waals surface area contributed by atoms with Crippen molar-refractivity contribution in [2.45, 2.75) is 59.3 Å². The summed E-state index contributed by atoms with van der Waals surface area (Å²) in [6, 6.07) is 0. The third kappa shape index (κ3) is 4.82. The first-order valence-corrected chi connectivity index (χ1v) is 6.55. The summed E-state index contributed by atoms with van der Waals surface area (Å²) in [7, 11) is 0.891. The molecule has 0 amide bonds. The molecule has 1 nitrogen and oxygen atoms in total. The normalized spacial score (nSPS) is 12.2. The molecule has 0 rings (SSSR count). The molecular formula is C11H26OSi. The van der Waals surface area contributed by atoms with Crippen LogP contribution in [0, 0.1) is 5.41 Å². The highest BCUT2D eigenvalue weighted by Crippen LogP contribution is 2.35. The van der Waals surface area contributed by atoms with Gasteiger partial charge in [0, 0.05) is 6.61 Å². The lowest BCUT2D eigenvalue weighted by atomic mass is 9.76. The van der Waals surface area contributed by atoms with E-state index in [0.29, 0.717) is 5.41 Å². The van der Waals surface area contributed by atoms with E-state index in [9.17, 15) is 0 Å². The van der Waals surface area contributed by atoms with Gasteiger partial charge >= 0.3 is 0 Å². The molecule has 0 fully saturated rings. The van der Waals surface area contributed by atoms with Crippen molar-refractivity contribution in [1.29, 1.82) is 0 Å². The molecule has 13 heavy (non-hydrogen) atoms. The first kappa shape index (κ1) is 13.2. The van der Waals surface area contributed by atoms with Gasteiger partial charge in [-0.3, -0.25) is 0 Å². The van der Waals surface area contributed by atoms with E-state index in [1.54, 1.807) is 0 Å². The number of rotatable bonds is 8. The molecule has 0 aromatic carbocycles. The van der Waals surface area contributed by atoms with Crippen LogP contribution in [0.1, 0.15) is 59.3 Å². The smallest absolute Gasteiger partial charge is 0.145 e. The minimum atomic E-state index is 0.514. The summed E-state index contributed by atoms with van der Waals surface area (Å²) in [5.74, 6) is 0. The fraction of sp³-hybridized carbons (Fsp3) is 1.00. The summed E-state index contributed by atoms with van der Waals surface area (Å²) in [6.07, 6.45) is 7.92. The predicted molar refractivity (Wildman–Crippen MR) is 63.0 cm³/mol. The van der Waals surface area contributed by atoms with Crippen LogP contribution >= 0.6 is 0 Å². The molecule has 0 aliphatic heterocycles. The zero-order valence-electron chi connectivity index (χ0n) is 9.86. The monoisotopic (exact) mass is 202 g/mol. The molecule has 0 aliphatic rings. The second kappa shape index (κ2) is 7.57. The lowest BCUT2D eigenvalue weighted by Gasteiger charge is -2.33. The van der Waals surface area contributed by atoms with Crippen molar-refractivity contribution >= 4 is 10.5 Å². The van der Waals surface area contributed by atoms with Gasteiger partial charge in [-0.05, 0) is 24.7 Å². The van der Waals surface area contributed by atoms with Gasteiger partial charge in [-0.2, -0.15) is 0 Å².